The largest absolute Gasteiger partial charge is 0.444 e. The van der Waals surface area contributed by atoms with Gasteiger partial charge in [-0.3, -0.25) is 0 Å². The Morgan fingerprint density at radius 3 is 1.53 bits per heavy atom. The van der Waals surface area contributed by atoms with Crippen LogP contribution in [0.2, 0.25) is 0 Å². The quantitative estimate of drug-likeness (QED) is 0.408. The number of carbonyl (C=O) groups excluding carboxylic acids is 3. The first-order valence-corrected chi connectivity index (χ1v) is 9.81. The molecule has 0 radical (unpaired) electrons. The van der Waals surface area contributed by atoms with Gasteiger partial charge in [-0.25, -0.2) is 9.59 Å². The number of aldehydes is 1. The molecule has 30 heavy (non-hydrogen) atoms. The molecule has 0 aliphatic rings. The third kappa shape index (κ3) is 20.8. The monoisotopic (exact) mass is 436 g/mol. The summed E-state index contributed by atoms with van der Waals surface area (Å²) >= 11 is 0. The van der Waals surface area contributed by atoms with Crippen LogP contribution >= 0.6 is 0 Å². The molecule has 178 valence electrons. The van der Waals surface area contributed by atoms with Gasteiger partial charge >= 0.3 is 12.2 Å². The summed E-state index contributed by atoms with van der Waals surface area (Å²) in [5.74, 6) is 0. The van der Waals surface area contributed by atoms with Crippen molar-refractivity contribution in [3.63, 3.8) is 0 Å². The molecule has 10 heteroatoms. The maximum atomic E-state index is 11.4. The van der Waals surface area contributed by atoms with Gasteiger partial charge in [0, 0.05) is 27.2 Å². The summed E-state index contributed by atoms with van der Waals surface area (Å²) < 4.78 is 20.2. The lowest BCUT2D eigenvalue weighted by Gasteiger charge is -2.24. The SMILES string of the molecule is CN(CCOCC=O)C(=O)OC(C)(C)C.CN(CCOCCO)C(=O)OC(C)(C)C. The van der Waals surface area contributed by atoms with Crippen LogP contribution in [0.1, 0.15) is 41.5 Å². The molecule has 0 bridgehead atoms. The van der Waals surface area contributed by atoms with Gasteiger partial charge in [-0.2, -0.15) is 0 Å². The number of hydrogen-bond donors (Lipinski definition) is 1. The minimum absolute atomic E-state index is 0.00382. The van der Waals surface area contributed by atoms with Gasteiger partial charge in [-0.05, 0) is 41.5 Å². The Morgan fingerprint density at radius 1 is 0.800 bits per heavy atom. The van der Waals surface area contributed by atoms with Crippen molar-refractivity contribution in [3.8, 4) is 0 Å². The Labute approximate surface area is 180 Å². The molecule has 0 atom stereocenters. The second-order valence-corrected chi connectivity index (χ2v) is 8.38. The van der Waals surface area contributed by atoms with E-state index >= 15 is 0 Å². The number of likely N-dealkylation sites (N-methyl/N-ethyl adjacent to an activating group) is 2. The second-order valence-electron chi connectivity index (χ2n) is 8.38. The molecule has 0 fully saturated rings. The van der Waals surface area contributed by atoms with Crippen molar-refractivity contribution in [2.75, 3.05) is 60.2 Å². The molecule has 0 heterocycles. The smallest absolute Gasteiger partial charge is 0.410 e. The van der Waals surface area contributed by atoms with Crippen molar-refractivity contribution >= 4 is 18.5 Å². The maximum absolute atomic E-state index is 11.4. The minimum atomic E-state index is -0.491. The van der Waals surface area contributed by atoms with E-state index in [1.807, 2.05) is 41.5 Å². The van der Waals surface area contributed by atoms with Crippen LogP contribution in [0.25, 0.3) is 0 Å². The summed E-state index contributed by atoms with van der Waals surface area (Å²) in [6.45, 7) is 12.8. The summed E-state index contributed by atoms with van der Waals surface area (Å²) in [6.07, 6.45) is -0.0830. The average molecular weight is 437 g/mol. The van der Waals surface area contributed by atoms with E-state index in [0.717, 1.165) is 0 Å². The lowest BCUT2D eigenvalue weighted by molar-refractivity contribution is -0.111. The van der Waals surface area contributed by atoms with Crippen molar-refractivity contribution in [1.82, 2.24) is 9.80 Å². The molecule has 2 amide bonds. The van der Waals surface area contributed by atoms with Crippen LogP contribution in [0, 0.1) is 0 Å². The number of aliphatic hydroxyl groups is 1. The van der Waals surface area contributed by atoms with Crippen LogP contribution in [0.3, 0.4) is 0 Å². The third-order valence-electron chi connectivity index (χ3n) is 2.97. The number of aliphatic hydroxyl groups excluding tert-OH is 1. The molecule has 0 unspecified atom stereocenters. The van der Waals surface area contributed by atoms with Gasteiger partial charge in [0.15, 0.2) is 0 Å². The molecule has 0 saturated heterocycles. The zero-order valence-electron chi connectivity index (χ0n) is 19.7. The minimum Gasteiger partial charge on any atom is -0.444 e. The predicted octanol–water partition coefficient (Wildman–Crippen LogP) is 1.93. The van der Waals surface area contributed by atoms with Gasteiger partial charge in [0.25, 0.3) is 0 Å². The lowest BCUT2D eigenvalue weighted by Crippen LogP contribution is -2.36. The Balaban J connectivity index is 0. The third-order valence-corrected chi connectivity index (χ3v) is 2.97. The fourth-order valence-corrected chi connectivity index (χ4v) is 1.56. The summed E-state index contributed by atoms with van der Waals surface area (Å²) in [7, 11) is 3.27. The molecule has 0 aliphatic carbocycles. The van der Waals surface area contributed by atoms with E-state index in [2.05, 4.69) is 0 Å². The number of carbonyl (C=O) groups is 3. The van der Waals surface area contributed by atoms with Gasteiger partial charge in [0.1, 0.15) is 24.1 Å². The fraction of sp³-hybridized carbons (Fsp3) is 0.850. The van der Waals surface area contributed by atoms with Gasteiger partial charge in [-0.1, -0.05) is 0 Å². The standard InChI is InChI=1S/C10H21NO4.C10H19NO4/c2*1-10(2,3)15-9(13)11(4)5-7-14-8-6-12/h12H,5-8H2,1-4H3;6H,5,7-8H2,1-4H3. The Hall–Kier alpha value is -1.91. The summed E-state index contributed by atoms with van der Waals surface area (Å²) in [5.41, 5.74) is -0.966. The number of ether oxygens (including phenoxy) is 4. The van der Waals surface area contributed by atoms with Crippen LogP contribution in [-0.2, 0) is 23.7 Å². The van der Waals surface area contributed by atoms with E-state index in [1.165, 1.54) is 9.80 Å². The average Bonchev–Trinajstić information content (AvgIpc) is 2.59. The Morgan fingerprint density at radius 2 is 1.20 bits per heavy atom. The topological polar surface area (TPSA) is 115 Å². The van der Waals surface area contributed by atoms with E-state index in [1.54, 1.807) is 14.1 Å². The number of hydrogen-bond acceptors (Lipinski definition) is 8. The van der Waals surface area contributed by atoms with Crippen LogP contribution in [0.4, 0.5) is 9.59 Å². The lowest BCUT2D eigenvalue weighted by atomic mass is 10.2. The number of amides is 2. The summed E-state index contributed by atoms with van der Waals surface area (Å²) in [4.78, 5) is 35.6. The first-order chi connectivity index (χ1) is 13.7. The Kier molecular flexibility index (Phi) is 16.0. The second kappa shape index (κ2) is 15.9. The highest BCUT2D eigenvalue weighted by Crippen LogP contribution is 2.09. The highest BCUT2D eigenvalue weighted by Gasteiger charge is 2.20. The molecular formula is C20H40N2O8. The Bertz CT molecular complexity index is 486. The molecule has 0 aromatic heterocycles. The molecule has 0 spiro atoms. The van der Waals surface area contributed by atoms with Gasteiger partial charge in [0.2, 0.25) is 0 Å². The van der Waals surface area contributed by atoms with Crippen molar-refractivity contribution in [1.29, 1.82) is 0 Å². The zero-order valence-corrected chi connectivity index (χ0v) is 19.7. The first kappa shape index (κ1) is 30.3. The summed E-state index contributed by atoms with van der Waals surface area (Å²) in [5, 5.41) is 8.46. The first-order valence-electron chi connectivity index (χ1n) is 9.81. The van der Waals surface area contributed by atoms with Crippen LogP contribution < -0.4 is 0 Å². The predicted molar refractivity (Wildman–Crippen MR) is 113 cm³/mol. The van der Waals surface area contributed by atoms with Crippen molar-refractivity contribution in [3.05, 3.63) is 0 Å². The van der Waals surface area contributed by atoms with Gasteiger partial charge < -0.3 is 38.6 Å². The molecule has 0 aliphatic heterocycles. The van der Waals surface area contributed by atoms with E-state index in [-0.39, 0.29) is 19.3 Å². The molecule has 0 saturated carbocycles. The summed E-state index contributed by atoms with van der Waals surface area (Å²) in [6, 6.07) is 0. The molecule has 0 aromatic rings. The van der Waals surface area contributed by atoms with Crippen molar-refractivity contribution < 1.29 is 38.4 Å². The molecule has 0 aromatic carbocycles. The van der Waals surface area contributed by atoms with Gasteiger partial charge in [-0.15, -0.1) is 0 Å². The van der Waals surface area contributed by atoms with E-state index < -0.39 is 17.3 Å². The number of nitrogens with zero attached hydrogens (tertiary/aromatic N) is 2. The van der Waals surface area contributed by atoms with Crippen LogP contribution in [-0.4, -0.2) is 105 Å². The molecule has 0 rings (SSSR count). The maximum Gasteiger partial charge on any atom is 0.410 e. The van der Waals surface area contributed by atoms with Crippen molar-refractivity contribution in [2.45, 2.75) is 52.7 Å². The van der Waals surface area contributed by atoms with Crippen LogP contribution in [0.5, 0.6) is 0 Å². The van der Waals surface area contributed by atoms with Gasteiger partial charge in [0.05, 0.1) is 26.4 Å². The van der Waals surface area contributed by atoms with E-state index in [0.29, 0.717) is 39.2 Å². The molecular weight excluding hydrogens is 396 g/mol. The van der Waals surface area contributed by atoms with E-state index in [9.17, 15) is 14.4 Å². The highest BCUT2D eigenvalue weighted by atomic mass is 16.6. The number of rotatable bonds is 10. The fourth-order valence-electron chi connectivity index (χ4n) is 1.56. The zero-order chi connectivity index (χ0) is 23.8. The molecule has 1 N–H and O–H groups in total. The van der Waals surface area contributed by atoms with E-state index in [4.69, 9.17) is 24.1 Å². The van der Waals surface area contributed by atoms with Crippen molar-refractivity contribution in [2.24, 2.45) is 0 Å². The van der Waals surface area contributed by atoms with Crippen LogP contribution in [0.15, 0.2) is 0 Å². The highest BCUT2D eigenvalue weighted by molar-refractivity contribution is 5.68. The molecule has 10 nitrogen and oxygen atoms in total. The normalized spacial score (nSPS) is 11.1.